The van der Waals surface area contributed by atoms with Gasteiger partial charge in [-0.1, -0.05) is 103 Å². The Labute approximate surface area is 249 Å². The van der Waals surface area contributed by atoms with Gasteiger partial charge in [-0.3, -0.25) is 0 Å². The minimum absolute atomic E-state index is 1.17. The first-order valence-electron chi connectivity index (χ1n) is 14.8. The van der Waals surface area contributed by atoms with Gasteiger partial charge in [-0.05, 0) is 81.6 Å². The lowest BCUT2D eigenvalue weighted by Gasteiger charge is -2.10. The third-order valence-electron chi connectivity index (χ3n) is 9.13. The van der Waals surface area contributed by atoms with Crippen LogP contribution in [0.3, 0.4) is 0 Å². The van der Waals surface area contributed by atoms with Gasteiger partial charge in [-0.2, -0.15) is 0 Å². The largest absolute Gasteiger partial charge is 0.344 e. The van der Waals surface area contributed by atoms with Crippen LogP contribution in [0.5, 0.6) is 0 Å². The summed E-state index contributed by atoms with van der Waals surface area (Å²) in [6.07, 6.45) is 0. The summed E-state index contributed by atoms with van der Waals surface area (Å²) in [6, 6.07) is 55.4. The smallest absolute Gasteiger partial charge is 0.0547 e. The first-order valence-corrected chi connectivity index (χ1v) is 14.8. The topological polar surface area (TPSA) is 9.86 Å². The second kappa shape index (κ2) is 9.20. The fourth-order valence-electron chi connectivity index (χ4n) is 7.03. The van der Waals surface area contributed by atoms with E-state index in [0.717, 1.165) is 0 Å². The van der Waals surface area contributed by atoms with Crippen molar-refractivity contribution in [2.75, 3.05) is 0 Å². The summed E-state index contributed by atoms with van der Waals surface area (Å²) in [7, 11) is 2.16. The van der Waals surface area contributed by atoms with E-state index in [1.54, 1.807) is 0 Å². The molecule has 0 fully saturated rings. The number of para-hydroxylation sites is 1. The molecular weight excluding hydrogens is 520 g/mol. The van der Waals surface area contributed by atoms with Crippen LogP contribution in [0.1, 0.15) is 0 Å². The molecule has 0 unspecified atom stereocenters. The van der Waals surface area contributed by atoms with Gasteiger partial charge in [0.2, 0.25) is 0 Å². The molecule has 9 aromatic rings. The Morgan fingerprint density at radius 2 is 0.953 bits per heavy atom. The average Bonchev–Trinajstić information content (AvgIpc) is 3.56. The summed E-state index contributed by atoms with van der Waals surface area (Å²) in [4.78, 5) is 0. The second-order valence-corrected chi connectivity index (χ2v) is 11.5. The number of fused-ring (bicyclic) bond motifs is 8. The van der Waals surface area contributed by atoms with Crippen molar-refractivity contribution in [3.8, 4) is 27.9 Å². The molecule has 2 aromatic heterocycles. The fraction of sp³-hybridized carbons (Fsp3) is 0.0244. The normalized spacial score (nSPS) is 11.8. The molecule has 0 saturated heterocycles. The van der Waals surface area contributed by atoms with Gasteiger partial charge in [0.25, 0.3) is 0 Å². The fourth-order valence-corrected chi connectivity index (χ4v) is 7.03. The number of hydrogen-bond donors (Lipinski definition) is 0. The molecule has 0 aliphatic carbocycles. The highest BCUT2D eigenvalue weighted by Crippen LogP contribution is 2.40. The quantitative estimate of drug-likeness (QED) is 0.208. The van der Waals surface area contributed by atoms with E-state index >= 15 is 0 Å². The first kappa shape index (κ1) is 24.0. The number of hydrogen-bond acceptors (Lipinski definition) is 0. The zero-order chi connectivity index (χ0) is 28.5. The molecule has 2 heterocycles. The van der Waals surface area contributed by atoms with E-state index in [2.05, 4.69) is 168 Å². The molecule has 0 amide bonds. The maximum absolute atomic E-state index is 2.42. The average molecular weight is 549 g/mol. The van der Waals surface area contributed by atoms with Crippen LogP contribution in [-0.4, -0.2) is 9.13 Å². The summed E-state index contributed by atoms with van der Waals surface area (Å²) < 4.78 is 4.71. The molecule has 0 radical (unpaired) electrons. The van der Waals surface area contributed by atoms with Gasteiger partial charge >= 0.3 is 0 Å². The van der Waals surface area contributed by atoms with Crippen LogP contribution in [0.25, 0.3) is 82.3 Å². The van der Waals surface area contributed by atoms with Crippen molar-refractivity contribution in [1.29, 1.82) is 0 Å². The van der Waals surface area contributed by atoms with Crippen LogP contribution in [0.2, 0.25) is 0 Å². The summed E-state index contributed by atoms with van der Waals surface area (Å²) in [6.45, 7) is 0. The lowest BCUT2D eigenvalue weighted by atomic mass is 9.99. The number of benzene rings is 7. The van der Waals surface area contributed by atoms with E-state index < -0.39 is 0 Å². The maximum Gasteiger partial charge on any atom is 0.0547 e. The molecule has 2 nitrogen and oxygen atoms in total. The summed E-state index contributed by atoms with van der Waals surface area (Å²) in [5.74, 6) is 0. The van der Waals surface area contributed by atoms with E-state index in [-0.39, 0.29) is 0 Å². The third kappa shape index (κ3) is 3.60. The molecule has 0 spiro atoms. The van der Waals surface area contributed by atoms with Crippen molar-refractivity contribution >= 4 is 54.4 Å². The molecule has 0 aliphatic rings. The number of aromatic nitrogens is 2. The minimum atomic E-state index is 1.17. The third-order valence-corrected chi connectivity index (χ3v) is 9.13. The van der Waals surface area contributed by atoms with Gasteiger partial charge in [0.15, 0.2) is 0 Å². The number of rotatable bonds is 3. The van der Waals surface area contributed by atoms with Gasteiger partial charge < -0.3 is 9.13 Å². The monoisotopic (exact) mass is 548 g/mol. The number of aryl methyl sites for hydroxylation is 1. The Morgan fingerprint density at radius 1 is 0.372 bits per heavy atom. The molecule has 7 aromatic carbocycles. The summed E-state index contributed by atoms with van der Waals surface area (Å²) in [5.41, 5.74) is 11.0. The number of nitrogens with zero attached hydrogens (tertiary/aromatic N) is 2. The molecule has 0 bridgehead atoms. The molecule has 202 valence electrons. The van der Waals surface area contributed by atoms with Crippen molar-refractivity contribution in [2.45, 2.75) is 0 Å². The molecule has 9 rings (SSSR count). The van der Waals surface area contributed by atoms with Crippen LogP contribution in [0.15, 0.2) is 152 Å². The standard InChI is InChI=1S/C41H28N2/c1-42-37-14-8-7-13-34(37)35-25-30(18-22-38(35)42)31-19-23-39-36(26-31)41-33-12-6-5-11-29(33)17-24-40(41)43(39)32-20-15-28(16-21-32)27-9-3-2-4-10-27/h2-26H,1H3. The predicted molar refractivity (Wildman–Crippen MR) is 183 cm³/mol. The van der Waals surface area contributed by atoms with Gasteiger partial charge in [-0.15, -0.1) is 0 Å². The van der Waals surface area contributed by atoms with Crippen molar-refractivity contribution in [3.63, 3.8) is 0 Å². The van der Waals surface area contributed by atoms with Gasteiger partial charge in [0.05, 0.1) is 11.0 Å². The molecule has 0 atom stereocenters. The first-order chi connectivity index (χ1) is 21.2. The maximum atomic E-state index is 2.42. The Bertz CT molecular complexity index is 2490. The van der Waals surface area contributed by atoms with Crippen LogP contribution in [0.4, 0.5) is 0 Å². The van der Waals surface area contributed by atoms with Crippen molar-refractivity contribution in [2.24, 2.45) is 7.05 Å². The second-order valence-electron chi connectivity index (χ2n) is 11.5. The van der Waals surface area contributed by atoms with E-state index in [1.165, 1.54) is 82.3 Å². The predicted octanol–water partition coefficient (Wildman–Crippen LogP) is 10.9. The summed E-state index contributed by atoms with van der Waals surface area (Å²) >= 11 is 0. The molecule has 0 N–H and O–H groups in total. The van der Waals surface area contributed by atoms with Crippen molar-refractivity contribution in [1.82, 2.24) is 9.13 Å². The van der Waals surface area contributed by atoms with Crippen LogP contribution in [-0.2, 0) is 7.05 Å². The van der Waals surface area contributed by atoms with E-state index in [1.807, 2.05) is 0 Å². The van der Waals surface area contributed by atoms with Crippen LogP contribution in [0, 0.1) is 0 Å². The molecule has 2 heteroatoms. The van der Waals surface area contributed by atoms with Crippen molar-refractivity contribution in [3.05, 3.63) is 152 Å². The highest BCUT2D eigenvalue weighted by molar-refractivity contribution is 6.22. The van der Waals surface area contributed by atoms with Gasteiger partial charge in [-0.25, -0.2) is 0 Å². The molecule has 0 saturated carbocycles. The molecule has 0 aliphatic heterocycles. The van der Waals surface area contributed by atoms with E-state index in [4.69, 9.17) is 0 Å². The Balaban J connectivity index is 1.28. The van der Waals surface area contributed by atoms with Crippen LogP contribution >= 0.6 is 0 Å². The lowest BCUT2D eigenvalue weighted by molar-refractivity contribution is 1.01. The van der Waals surface area contributed by atoms with Crippen molar-refractivity contribution < 1.29 is 0 Å². The SMILES string of the molecule is Cn1c2ccccc2c2cc(-c3ccc4c(c3)c3c5ccccc5ccc3n4-c3ccc(-c4ccccc4)cc3)ccc21. The van der Waals surface area contributed by atoms with E-state index in [9.17, 15) is 0 Å². The highest BCUT2D eigenvalue weighted by Gasteiger charge is 2.17. The van der Waals surface area contributed by atoms with Gasteiger partial charge in [0, 0.05) is 45.3 Å². The van der Waals surface area contributed by atoms with Crippen LogP contribution < -0.4 is 0 Å². The minimum Gasteiger partial charge on any atom is -0.344 e. The Morgan fingerprint density at radius 3 is 1.77 bits per heavy atom. The zero-order valence-electron chi connectivity index (χ0n) is 23.8. The highest BCUT2D eigenvalue weighted by atomic mass is 15.0. The zero-order valence-corrected chi connectivity index (χ0v) is 23.8. The molecule has 43 heavy (non-hydrogen) atoms. The van der Waals surface area contributed by atoms with Gasteiger partial charge in [0.1, 0.15) is 0 Å². The molecular formula is C41H28N2. The lowest BCUT2D eigenvalue weighted by Crippen LogP contribution is -1.94. The van der Waals surface area contributed by atoms with E-state index in [0.29, 0.717) is 0 Å². The summed E-state index contributed by atoms with van der Waals surface area (Å²) in [5, 5.41) is 7.71. The Hall–Kier alpha value is -5.60. The Kier molecular flexibility index (Phi) is 5.15.